The molecule has 2 heterocycles. The minimum absolute atomic E-state index is 0.0110. The lowest BCUT2D eigenvalue weighted by Crippen LogP contribution is -2.21. The smallest absolute Gasteiger partial charge is 0.116 e. The Hall–Kier alpha value is -2.24. The number of hydrogen-bond donors (Lipinski definition) is 1. The fourth-order valence-corrected chi connectivity index (χ4v) is 5.06. The third kappa shape index (κ3) is 2.95. The molecule has 4 nitrogen and oxygen atoms in total. The highest BCUT2D eigenvalue weighted by molar-refractivity contribution is 7.17. The average molecular weight is 380 g/mol. The molecule has 1 N–H and O–H groups in total. The summed E-state index contributed by atoms with van der Waals surface area (Å²) in [6, 6.07) is 10.9. The van der Waals surface area contributed by atoms with Gasteiger partial charge in [0.1, 0.15) is 5.52 Å². The van der Waals surface area contributed by atoms with Crippen LogP contribution in [-0.2, 0) is 13.7 Å². The quantitative estimate of drug-likeness (QED) is 0.535. The first-order valence-corrected chi connectivity index (χ1v) is 10.1. The molecule has 140 valence electrons. The van der Waals surface area contributed by atoms with Crippen LogP contribution in [0.25, 0.3) is 21.1 Å². The van der Waals surface area contributed by atoms with Crippen molar-refractivity contribution in [1.82, 2.24) is 15.0 Å². The summed E-state index contributed by atoms with van der Waals surface area (Å²) >= 11 is 1.69. The summed E-state index contributed by atoms with van der Waals surface area (Å²) in [7, 11) is 1.92. The lowest BCUT2D eigenvalue weighted by molar-refractivity contribution is 0.283. The summed E-state index contributed by atoms with van der Waals surface area (Å²) in [5.74, 6) is 0.193. The first kappa shape index (κ1) is 18.1. The second-order valence-electron chi connectivity index (χ2n) is 8.34. The maximum Gasteiger partial charge on any atom is 0.116 e. The molecule has 0 unspecified atom stereocenters. The predicted octanol–water partition coefficient (Wildman–Crippen LogP) is 5.16. The first-order valence-electron chi connectivity index (χ1n) is 9.21. The van der Waals surface area contributed by atoms with Gasteiger partial charge in [-0.15, -0.1) is 16.4 Å². The number of thiophene rings is 1. The van der Waals surface area contributed by atoms with E-state index in [1.807, 2.05) is 11.7 Å². The first-order chi connectivity index (χ1) is 12.8. The van der Waals surface area contributed by atoms with Crippen molar-refractivity contribution in [2.24, 2.45) is 12.5 Å². The summed E-state index contributed by atoms with van der Waals surface area (Å²) in [4.78, 5) is 0. The van der Waals surface area contributed by atoms with Crippen LogP contribution < -0.4 is 0 Å². The van der Waals surface area contributed by atoms with E-state index >= 15 is 0 Å². The Balaban J connectivity index is 1.97. The topological polar surface area (TPSA) is 50.9 Å². The number of fused-ring (bicyclic) bond motifs is 2. The van der Waals surface area contributed by atoms with Crippen LogP contribution in [0.1, 0.15) is 48.9 Å². The highest BCUT2D eigenvalue weighted by Crippen LogP contribution is 2.44. The molecular weight excluding hydrogens is 354 g/mol. The van der Waals surface area contributed by atoms with E-state index in [-0.39, 0.29) is 17.9 Å². The van der Waals surface area contributed by atoms with Gasteiger partial charge >= 0.3 is 0 Å². The fourth-order valence-electron chi connectivity index (χ4n) is 4.17. The van der Waals surface area contributed by atoms with E-state index in [4.69, 9.17) is 0 Å². The van der Waals surface area contributed by atoms with Gasteiger partial charge in [0.2, 0.25) is 0 Å². The molecule has 0 aliphatic rings. The van der Waals surface area contributed by atoms with Gasteiger partial charge in [0.05, 0.1) is 12.1 Å². The van der Waals surface area contributed by atoms with E-state index in [0.29, 0.717) is 0 Å². The Labute approximate surface area is 163 Å². The number of rotatable bonds is 3. The van der Waals surface area contributed by atoms with Gasteiger partial charge in [-0.1, -0.05) is 38.1 Å². The number of hydrogen-bond acceptors (Lipinski definition) is 4. The van der Waals surface area contributed by atoms with Gasteiger partial charge in [-0.3, -0.25) is 0 Å². The summed E-state index contributed by atoms with van der Waals surface area (Å²) in [5.41, 5.74) is 6.72. The molecule has 4 aromatic rings. The second-order valence-corrected chi connectivity index (χ2v) is 9.25. The summed E-state index contributed by atoms with van der Waals surface area (Å²) < 4.78 is 2.99. The van der Waals surface area contributed by atoms with Crippen molar-refractivity contribution in [3.8, 4) is 0 Å². The normalized spacial score (nSPS) is 13.6. The lowest BCUT2D eigenvalue weighted by Gasteiger charge is -2.33. The zero-order valence-corrected chi connectivity index (χ0v) is 17.3. The summed E-state index contributed by atoms with van der Waals surface area (Å²) in [6.45, 7) is 9.02. The largest absolute Gasteiger partial charge is 0.392 e. The van der Waals surface area contributed by atoms with Crippen molar-refractivity contribution >= 4 is 32.5 Å². The van der Waals surface area contributed by atoms with Crippen LogP contribution in [0.4, 0.5) is 0 Å². The highest BCUT2D eigenvalue weighted by Gasteiger charge is 2.30. The van der Waals surface area contributed by atoms with Gasteiger partial charge in [-0.25, -0.2) is 4.68 Å². The number of nitrogens with zero attached hydrogens (tertiary/aromatic N) is 3. The molecule has 0 saturated carbocycles. The Bertz CT molecular complexity index is 1130. The van der Waals surface area contributed by atoms with Gasteiger partial charge in [-0.2, -0.15) is 0 Å². The second kappa shape index (κ2) is 6.43. The Morgan fingerprint density at radius 2 is 1.96 bits per heavy atom. The van der Waals surface area contributed by atoms with Gasteiger partial charge in [0, 0.05) is 17.7 Å². The van der Waals surface area contributed by atoms with E-state index in [9.17, 15) is 5.11 Å². The highest BCUT2D eigenvalue weighted by atomic mass is 32.1. The maximum absolute atomic E-state index is 9.92. The van der Waals surface area contributed by atoms with Crippen LogP contribution in [0.5, 0.6) is 0 Å². The predicted molar refractivity (Wildman–Crippen MR) is 112 cm³/mol. The number of aliphatic hydroxyl groups excluding tert-OH is 1. The maximum atomic E-state index is 9.92. The number of aliphatic hydroxyl groups is 1. The number of aryl methyl sites for hydroxylation is 2. The minimum Gasteiger partial charge on any atom is -0.392 e. The van der Waals surface area contributed by atoms with Crippen molar-refractivity contribution in [3.63, 3.8) is 0 Å². The van der Waals surface area contributed by atoms with E-state index in [0.717, 1.165) is 16.6 Å². The monoisotopic (exact) mass is 379 g/mol. The molecule has 0 aliphatic heterocycles. The molecule has 2 aromatic heterocycles. The molecular formula is C22H25N3OS. The third-order valence-corrected chi connectivity index (χ3v) is 6.42. The van der Waals surface area contributed by atoms with Gasteiger partial charge in [-0.05, 0) is 63.6 Å². The number of benzene rings is 2. The molecule has 0 spiro atoms. The lowest BCUT2D eigenvalue weighted by atomic mass is 9.71. The van der Waals surface area contributed by atoms with Gasteiger partial charge < -0.3 is 5.11 Å². The van der Waals surface area contributed by atoms with Crippen LogP contribution in [0, 0.1) is 12.3 Å². The molecule has 0 radical (unpaired) electrons. The molecule has 0 aliphatic carbocycles. The Morgan fingerprint density at radius 3 is 2.67 bits per heavy atom. The fraction of sp³-hybridized carbons (Fsp3) is 0.364. The van der Waals surface area contributed by atoms with E-state index < -0.39 is 0 Å². The Morgan fingerprint density at radius 1 is 1.19 bits per heavy atom. The molecule has 4 rings (SSSR count). The molecule has 0 amide bonds. The number of aromatic nitrogens is 3. The minimum atomic E-state index is 0.0110. The molecule has 0 fully saturated rings. The molecule has 27 heavy (non-hydrogen) atoms. The molecule has 5 heteroatoms. The van der Waals surface area contributed by atoms with Crippen molar-refractivity contribution in [1.29, 1.82) is 0 Å². The molecule has 0 bridgehead atoms. The van der Waals surface area contributed by atoms with E-state index in [1.165, 1.54) is 26.8 Å². The SMILES string of the molecule is Cc1c([C@@H](c2cc(CO)c3sccc3c2)C(C)(C)C)ccc2c1nnn2C. The van der Waals surface area contributed by atoms with Crippen molar-refractivity contribution in [3.05, 3.63) is 58.0 Å². The van der Waals surface area contributed by atoms with Gasteiger partial charge in [0.15, 0.2) is 0 Å². The van der Waals surface area contributed by atoms with E-state index in [1.54, 1.807) is 11.3 Å². The molecule has 0 saturated heterocycles. The molecule has 1 atom stereocenters. The van der Waals surface area contributed by atoms with E-state index in [2.05, 4.69) is 73.7 Å². The summed E-state index contributed by atoms with van der Waals surface area (Å²) in [5, 5.41) is 21.8. The summed E-state index contributed by atoms with van der Waals surface area (Å²) in [6.07, 6.45) is 0. The Kier molecular flexibility index (Phi) is 4.32. The zero-order valence-electron chi connectivity index (χ0n) is 16.4. The molecule has 2 aromatic carbocycles. The van der Waals surface area contributed by atoms with Crippen LogP contribution in [-0.4, -0.2) is 20.1 Å². The van der Waals surface area contributed by atoms with Crippen LogP contribution in [0.2, 0.25) is 0 Å². The van der Waals surface area contributed by atoms with Gasteiger partial charge in [0.25, 0.3) is 0 Å². The van der Waals surface area contributed by atoms with Crippen LogP contribution >= 0.6 is 11.3 Å². The zero-order chi connectivity index (χ0) is 19.3. The van der Waals surface area contributed by atoms with Crippen molar-refractivity contribution < 1.29 is 5.11 Å². The van der Waals surface area contributed by atoms with Crippen molar-refractivity contribution in [2.75, 3.05) is 0 Å². The van der Waals surface area contributed by atoms with Crippen LogP contribution in [0.15, 0.2) is 35.7 Å². The van der Waals surface area contributed by atoms with Crippen LogP contribution in [0.3, 0.4) is 0 Å². The van der Waals surface area contributed by atoms with Crippen molar-refractivity contribution in [2.45, 2.75) is 40.2 Å². The standard InChI is InChI=1S/C22H25N3OS/c1-13-17(6-7-18-20(13)23-24-25(18)5)19(22(2,3)4)15-10-14-8-9-27-21(14)16(11-15)12-26/h6-11,19,26H,12H2,1-5H3/t19-/m1/s1. The third-order valence-electron chi connectivity index (χ3n) is 5.41. The average Bonchev–Trinajstić information content (AvgIpc) is 3.22.